The zero-order valence-corrected chi connectivity index (χ0v) is 19.3. The monoisotopic (exact) mass is 446 g/mol. The minimum Gasteiger partial charge on any atom is -0.494 e. The number of anilines is 1. The van der Waals surface area contributed by atoms with Gasteiger partial charge in [-0.25, -0.2) is 4.98 Å². The lowest BCUT2D eigenvalue weighted by Gasteiger charge is -2.13. The highest BCUT2D eigenvalue weighted by atomic mass is 16.5. The summed E-state index contributed by atoms with van der Waals surface area (Å²) in [5.74, 6) is 2.83. The molecule has 33 heavy (non-hydrogen) atoms. The van der Waals surface area contributed by atoms with E-state index >= 15 is 0 Å². The van der Waals surface area contributed by atoms with Crippen LogP contribution in [-0.4, -0.2) is 42.0 Å². The summed E-state index contributed by atoms with van der Waals surface area (Å²) >= 11 is 0. The first kappa shape index (κ1) is 22.1. The van der Waals surface area contributed by atoms with Crippen molar-refractivity contribution in [2.24, 2.45) is 0 Å². The Morgan fingerprint density at radius 1 is 0.939 bits per heavy atom. The molecule has 0 unspecified atom stereocenters. The lowest BCUT2D eigenvalue weighted by atomic mass is 10.1. The van der Waals surface area contributed by atoms with Gasteiger partial charge in [-0.1, -0.05) is 18.2 Å². The first-order valence-corrected chi connectivity index (χ1v) is 10.5. The lowest BCUT2D eigenvalue weighted by molar-refractivity contribution is -0.115. The van der Waals surface area contributed by atoms with Gasteiger partial charge in [-0.05, 0) is 49.2 Å². The van der Waals surface area contributed by atoms with E-state index in [1.807, 2.05) is 50.2 Å². The Hall–Kier alpha value is -4.07. The minimum absolute atomic E-state index is 0.169. The van der Waals surface area contributed by atoms with Gasteiger partial charge in [0.1, 0.15) is 17.1 Å². The first-order chi connectivity index (χ1) is 15.9. The first-order valence-electron chi connectivity index (χ1n) is 10.5. The van der Waals surface area contributed by atoms with E-state index in [1.165, 1.54) is 0 Å². The number of rotatable bonds is 7. The summed E-state index contributed by atoms with van der Waals surface area (Å²) in [5, 5.41) is 8.52. The molecule has 170 valence electrons. The predicted molar refractivity (Wildman–Crippen MR) is 127 cm³/mol. The van der Waals surface area contributed by atoms with Crippen molar-refractivity contribution in [3.8, 4) is 23.1 Å². The molecular weight excluding hydrogens is 420 g/mol. The zero-order chi connectivity index (χ0) is 23.5. The number of benzene rings is 2. The van der Waals surface area contributed by atoms with Crippen LogP contribution in [0.5, 0.6) is 17.2 Å². The third kappa shape index (κ3) is 4.45. The molecule has 4 aromatic rings. The molecule has 2 aromatic carbocycles. The van der Waals surface area contributed by atoms with E-state index in [0.717, 1.165) is 27.7 Å². The van der Waals surface area contributed by atoms with Crippen LogP contribution in [0.25, 0.3) is 16.7 Å². The largest absolute Gasteiger partial charge is 0.494 e. The molecule has 0 aliphatic heterocycles. The SMILES string of the molecule is COc1ccc(CC(=O)Nc2cc(C)nn2-c2cc(C)c3cccc(OC)c3n2)cc1OC. The van der Waals surface area contributed by atoms with Crippen LogP contribution < -0.4 is 19.5 Å². The molecule has 8 nitrogen and oxygen atoms in total. The van der Waals surface area contributed by atoms with Crippen LogP contribution in [-0.2, 0) is 11.2 Å². The van der Waals surface area contributed by atoms with E-state index in [9.17, 15) is 4.79 Å². The smallest absolute Gasteiger partial charge is 0.229 e. The van der Waals surface area contributed by atoms with Crippen molar-refractivity contribution in [3.63, 3.8) is 0 Å². The lowest BCUT2D eigenvalue weighted by Crippen LogP contribution is -2.17. The summed E-state index contributed by atoms with van der Waals surface area (Å²) in [6, 6.07) is 15.0. The van der Waals surface area contributed by atoms with Gasteiger partial charge < -0.3 is 19.5 Å². The van der Waals surface area contributed by atoms with Crippen molar-refractivity contribution in [2.75, 3.05) is 26.6 Å². The molecule has 0 bridgehead atoms. The van der Waals surface area contributed by atoms with E-state index in [2.05, 4.69) is 10.4 Å². The van der Waals surface area contributed by atoms with Gasteiger partial charge in [-0.2, -0.15) is 9.78 Å². The van der Waals surface area contributed by atoms with Crippen LogP contribution >= 0.6 is 0 Å². The number of nitrogens with zero attached hydrogens (tertiary/aromatic N) is 3. The molecule has 1 amide bonds. The summed E-state index contributed by atoms with van der Waals surface area (Å²) in [6.45, 7) is 3.88. The second kappa shape index (κ2) is 9.20. The van der Waals surface area contributed by atoms with Crippen molar-refractivity contribution < 1.29 is 19.0 Å². The van der Waals surface area contributed by atoms with E-state index in [4.69, 9.17) is 19.2 Å². The Labute approximate surface area is 192 Å². The van der Waals surface area contributed by atoms with E-state index in [-0.39, 0.29) is 12.3 Å². The highest BCUT2D eigenvalue weighted by molar-refractivity contribution is 5.92. The van der Waals surface area contributed by atoms with Crippen molar-refractivity contribution in [2.45, 2.75) is 20.3 Å². The van der Waals surface area contributed by atoms with Crippen molar-refractivity contribution in [1.82, 2.24) is 14.8 Å². The molecule has 0 fully saturated rings. The standard InChI is InChI=1S/C25H26N4O4/c1-15-11-22(27-25-18(15)7-6-8-20(25)32-4)29-23(12-16(2)28-29)26-24(30)14-17-9-10-19(31-3)21(13-17)33-5/h6-13H,14H2,1-5H3,(H,26,30). The Morgan fingerprint density at radius 2 is 1.70 bits per heavy atom. The Balaban J connectivity index is 1.64. The average Bonchev–Trinajstić information content (AvgIpc) is 3.18. The highest BCUT2D eigenvalue weighted by Crippen LogP contribution is 2.29. The van der Waals surface area contributed by atoms with E-state index < -0.39 is 0 Å². The van der Waals surface area contributed by atoms with Gasteiger partial charge in [-0.15, -0.1) is 0 Å². The summed E-state index contributed by atoms with van der Waals surface area (Å²) in [5.41, 5.74) is 3.34. The Bertz CT molecular complexity index is 1330. The third-order valence-electron chi connectivity index (χ3n) is 5.34. The van der Waals surface area contributed by atoms with E-state index in [0.29, 0.717) is 28.9 Å². The van der Waals surface area contributed by atoms with Gasteiger partial charge in [0.2, 0.25) is 5.91 Å². The number of para-hydroxylation sites is 1. The number of nitrogens with one attached hydrogen (secondary N) is 1. The van der Waals surface area contributed by atoms with Crippen molar-refractivity contribution in [1.29, 1.82) is 0 Å². The molecule has 0 saturated carbocycles. The van der Waals surface area contributed by atoms with Gasteiger partial charge in [0, 0.05) is 11.5 Å². The third-order valence-corrected chi connectivity index (χ3v) is 5.34. The molecule has 1 N–H and O–H groups in total. The fourth-order valence-electron chi connectivity index (χ4n) is 3.77. The minimum atomic E-state index is -0.182. The van der Waals surface area contributed by atoms with Gasteiger partial charge in [-0.3, -0.25) is 4.79 Å². The maximum Gasteiger partial charge on any atom is 0.229 e. The molecule has 0 radical (unpaired) electrons. The van der Waals surface area contributed by atoms with E-state index in [1.54, 1.807) is 38.1 Å². The number of aromatic nitrogens is 3. The molecule has 2 heterocycles. The van der Waals surface area contributed by atoms with Gasteiger partial charge in [0.05, 0.1) is 33.4 Å². The van der Waals surface area contributed by atoms with Crippen LogP contribution in [0.1, 0.15) is 16.8 Å². The fraction of sp³-hybridized carbons (Fsp3) is 0.240. The quantitative estimate of drug-likeness (QED) is 0.457. The van der Waals surface area contributed by atoms with Crippen LogP contribution in [0.3, 0.4) is 0 Å². The number of aryl methyl sites for hydroxylation is 2. The Morgan fingerprint density at radius 3 is 2.42 bits per heavy atom. The molecule has 2 aromatic heterocycles. The number of carbonyl (C=O) groups excluding carboxylic acids is 1. The normalized spacial score (nSPS) is 10.8. The van der Waals surface area contributed by atoms with Gasteiger partial charge in [0.25, 0.3) is 0 Å². The number of hydrogen-bond donors (Lipinski definition) is 1. The number of fused-ring (bicyclic) bond motifs is 1. The number of pyridine rings is 1. The van der Waals surface area contributed by atoms with Crippen molar-refractivity contribution >= 4 is 22.6 Å². The molecule has 0 saturated heterocycles. The Kier molecular flexibility index (Phi) is 6.17. The predicted octanol–water partition coefficient (Wildman–Crippen LogP) is 4.24. The molecule has 0 aliphatic rings. The van der Waals surface area contributed by atoms with Crippen LogP contribution in [0.4, 0.5) is 5.82 Å². The zero-order valence-electron chi connectivity index (χ0n) is 19.3. The number of carbonyl (C=O) groups is 1. The molecular formula is C25H26N4O4. The molecule has 8 heteroatoms. The van der Waals surface area contributed by atoms with Crippen molar-refractivity contribution in [3.05, 3.63) is 65.4 Å². The van der Waals surface area contributed by atoms with Crippen LogP contribution in [0.2, 0.25) is 0 Å². The second-order valence-corrected chi connectivity index (χ2v) is 7.65. The summed E-state index contributed by atoms with van der Waals surface area (Å²) in [7, 11) is 4.76. The molecule has 0 atom stereocenters. The number of amides is 1. The topological polar surface area (TPSA) is 87.5 Å². The summed E-state index contributed by atoms with van der Waals surface area (Å²) in [6.07, 6.45) is 0.169. The maximum atomic E-state index is 12.8. The average molecular weight is 447 g/mol. The number of hydrogen-bond acceptors (Lipinski definition) is 6. The van der Waals surface area contributed by atoms with Gasteiger partial charge in [0.15, 0.2) is 17.3 Å². The molecule has 4 rings (SSSR count). The maximum absolute atomic E-state index is 12.8. The fourth-order valence-corrected chi connectivity index (χ4v) is 3.77. The molecule has 0 aliphatic carbocycles. The molecule has 0 spiro atoms. The van der Waals surface area contributed by atoms with Gasteiger partial charge >= 0.3 is 0 Å². The van der Waals surface area contributed by atoms with Crippen LogP contribution in [0.15, 0.2) is 48.5 Å². The summed E-state index contributed by atoms with van der Waals surface area (Å²) in [4.78, 5) is 17.6. The second-order valence-electron chi connectivity index (χ2n) is 7.65. The number of ether oxygens (including phenoxy) is 3. The highest BCUT2D eigenvalue weighted by Gasteiger charge is 2.16. The summed E-state index contributed by atoms with van der Waals surface area (Å²) < 4.78 is 17.7. The van der Waals surface area contributed by atoms with Crippen LogP contribution in [0, 0.1) is 13.8 Å². The number of methoxy groups -OCH3 is 3.